The maximum atomic E-state index is 4.17. The van der Waals surface area contributed by atoms with E-state index >= 15 is 0 Å². The van der Waals surface area contributed by atoms with Crippen molar-refractivity contribution in [3.63, 3.8) is 0 Å². The lowest BCUT2D eigenvalue weighted by Crippen LogP contribution is -2.21. The van der Waals surface area contributed by atoms with Crippen LogP contribution in [-0.4, -0.2) is 16.1 Å². The van der Waals surface area contributed by atoms with Crippen LogP contribution in [0.25, 0.3) is 0 Å². The van der Waals surface area contributed by atoms with Gasteiger partial charge in [0.2, 0.25) is 0 Å². The zero-order chi connectivity index (χ0) is 12.0. The Hall–Kier alpha value is -0.740. The Balaban J connectivity index is 2.80. The zero-order valence-electron chi connectivity index (χ0n) is 10.4. The molecule has 0 aliphatic rings. The van der Waals surface area contributed by atoms with Crippen molar-refractivity contribution in [2.24, 2.45) is 0 Å². The lowest BCUT2D eigenvalue weighted by Gasteiger charge is -2.17. The predicted molar refractivity (Wildman–Crippen MR) is 69.8 cm³/mol. The molecule has 1 aromatic heterocycles. The first-order chi connectivity index (χ1) is 7.72. The van der Waals surface area contributed by atoms with E-state index in [1.54, 1.807) is 0 Å². The molecule has 4 heteroatoms. The highest BCUT2D eigenvalue weighted by atomic mass is 32.1. The number of nitrogens with zero attached hydrogens (tertiary/aromatic N) is 2. The second-order valence-corrected chi connectivity index (χ2v) is 4.64. The van der Waals surface area contributed by atoms with Gasteiger partial charge in [-0.2, -0.15) is 0 Å². The molecule has 0 spiro atoms. The van der Waals surface area contributed by atoms with Crippen LogP contribution in [0.15, 0.2) is 12.2 Å². The fraction of sp³-hybridized carbons (Fsp3) is 0.667. The Morgan fingerprint density at radius 1 is 1.44 bits per heavy atom. The third kappa shape index (κ3) is 3.39. The summed E-state index contributed by atoms with van der Waals surface area (Å²) in [7, 11) is 0. The van der Waals surface area contributed by atoms with Gasteiger partial charge in [-0.3, -0.25) is 0 Å². The highest BCUT2D eigenvalue weighted by molar-refractivity contribution is 7.05. The van der Waals surface area contributed by atoms with E-state index in [0.29, 0.717) is 6.04 Å². The molecule has 1 atom stereocenters. The number of rotatable bonds is 7. The molecule has 0 amide bonds. The molecule has 16 heavy (non-hydrogen) atoms. The Morgan fingerprint density at radius 2 is 2.19 bits per heavy atom. The molecule has 0 bridgehead atoms. The summed E-state index contributed by atoms with van der Waals surface area (Å²) in [6, 6.07) is 0.340. The van der Waals surface area contributed by atoms with E-state index < -0.39 is 0 Å². The monoisotopic (exact) mass is 239 g/mol. The van der Waals surface area contributed by atoms with Crippen LogP contribution in [-0.2, 0) is 6.42 Å². The third-order valence-electron chi connectivity index (χ3n) is 2.68. The fourth-order valence-corrected chi connectivity index (χ4v) is 2.47. The summed E-state index contributed by atoms with van der Waals surface area (Å²) in [4.78, 5) is 1.28. The number of hydrogen-bond acceptors (Lipinski definition) is 4. The Labute approximate surface area is 102 Å². The van der Waals surface area contributed by atoms with E-state index in [1.807, 2.05) is 0 Å². The minimum Gasteiger partial charge on any atom is -0.309 e. The van der Waals surface area contributed by atoms with Gasteiger partial charge in [-0.1, -0.05) is 37.4 Å². The van der Waals surface area contributed by atoms with Gasteiger partial charge in [0, 0.05) is 6.04 Å². The molecule has 0 radical (unpaired) electrons. The molecule has 1 heterocycles. The van der Waals surface area contributed by atoms with E-state index in [4.69, 9.17) is 0 Å². The molecule has 0 saturated carbocycles. The number of nitrogens with one attached hydrogen (secondary N) is 1. The predicted octanol–water partition coefficient (Wildman–Crippen LogP) is 3.11. The van der Waals surface area contributed by atoms with Crippen LogP contribution < -0.4 is 5.32 Å². The number of hydrogen-bond donors (Lipinski definition) is 1. The summed E-state index contributed by atoms with van der Waals surface area (Å²) in [6.07, 6.45) is 2.98. The molecule has 1 rings (SSSR count). The van der Waals surface area contributed by atoms with Crippen LogP contribution in [0.1, 0.15) is 50.2 Å². The highest BCUT2D eigenvalue weighted by Gasteiger charge is 2.17. The van der Waals surface area contributed by atoms with Crippen LogP contribution in [0.3, 0.4) is 0 Å². The molecular formula is C12H21N3S. The van der Waals surface area contributed by atoms with E-state index in [-0.39, 0.29) is 0 Å². The van der Waals surface area contributed by atoms with Crippen LogP contribution in [0.5, 0.6) is 0 Å². The van der Waals surface area contributed by atoms with Crippen molar-refractivity contribution in [3.05, 3.63) is 22.7 Å². The normalized spacial score (nSPS) is 12.7. The SMILES string of the molecule is C=C(CC)CC(NCC)c1snnc1CC. The first-order valence-electron chi connectivity index (χ1n) is 5.93. The van der Waals surface area contributed by atoms with E-state index in [9.17, 15) is 0 Å². The van der Waals surface area contributed by atoms with Crippen LogP contribution in [0.4, 0.5) is 0 Å². The summed E-state index contributed by atoms with van der Waals surface area (Å²) in [6.45, 7) is 11.4. The van der Waals surface area contributed by atoms with E-state index in [0.717, 1.165) is 31.5 Å². The maximum absolute atomic E-state index is 4.17. The number of aromatic nitrogens is 2. The Morgan fingerprint density at radius 3 is 2.75 bits per heavy atom. The molecule has 0 aliphatic heterocycles. The molecule has 1 N–H and O–H groups in total. The summed E-state index contributed by atoms with van der Waals surface area (Å²) in [5.41, 5.74) is 2.40. The first-order valence-corrected chi connectivity index (χ1v) is 6.71. The van der Waals surface area contributed by atoms with Crippen molar-refractivity contribution in [3.8, 4) is 0 Å². The molecule has 3 nitrogen and oxygen atoms in total. The van der Waals surface area contributed by atoms with Gasteiger partial charge in [0.1, 0.15) is 0 Å². The minimum absolute atomic E-state index is 0.340. The van der Waals surface area contributed by atoms with Crippen molar-refractivity contribution < 1.29 is 0 Å². The van der Waals surface area contributed by atoms with Gasteiger partial charge in [-0.05, 0) is 37.3 Å². The Bertz CT molecular complexity index is 333. The van der Waals surface area contributed by atoms with Gasteiger partial charge in [0.05, 0.1) is 10.6 Å². The molecule has 90 valence electrons. The quantitative estimate of drug-likeness (QED) is 0.743. The van der Waals surface area contributed by atoms with Crippen LogP contribution >= 0.6 is 11.5 Å². The third-order valence-corrected chi connectivity index (χ3v) is 3.56. The largest absolute Gasteiger partial charge is 0.309 e. The van der Waals surface area contributed by atoms with Crippen molar-refractivity contribution in [1.82, 2.24) is 14.9 Å². The van der Waals surface area contributed by atoms with Gasteiger partial charge < -0.3 is 5.32 Å². The molecular weight excluding hydrogens is 218 g/mol. The first kappa shape index (κ1) is 13.3. The average molecular weight is 239 g/mol. The van der Waals surface area contributed by atoms with E-state index in [1.165, 1.54) is 22.0 Å². The maximum Gasteiger partial charge on any atom is 0.0801 e. The zero-order valence-corrected chi connectivity index (χ0v) is 11.2. The van der Waals surface area contributed by atoms with Gasteiger partial charge in [0.15, 0.2) is 0 Å². The molecule has 0 aliphatic carbocycles. The standard InChI is InChI=1S/C12H21N3S/c1-5-9(4)8-11(13-7-3)12-10(6-2)14-15-16-12/h11,13H,4-8H2,1-3H3. The summed E-state index contributed by atoms with van der Waals surface area (Å²) < 4.78 is 4.05. The van der Waals surface area contributed by atoms with Gasteiger partial charge in [-0.15, -0.1) is 5.10 Å². The summed E-state index contributed by atoms with van der Waals surface area (Å²) >= 11 is 1.51. The fourth-order valence-electron chi connectivity index (χ4n) is 1.66. The van der Waals surface area contributed by atoms with Crippen molar-refractivity contribution in [2.75, 3.05) is 6.54 Å². The minimum atomic E-state index is 0.340. The molecule has 1 aromatic rings. The second-order valence-electron chi connectivity index (χ2n) is 3.86. The molecule has 0 saturated heterocycles. The van der Waals surface area contributed by atoms with Gasteiger partial charge >= 0.3 is 0 Å². The van der Waals surface area contributed by atoms with Crippen LogP contribution in [0.2, 0.25) is 0 Å². The summed E-state index contributed by atoms with van der Waals surface area (Å²) in [5, 5.41) is 7.66. The average Bonchev–Trinajstić information content (AvgIpc) is 2.76. The smallest absolute Gasteiger partial charge is 0.0801 e. The topological polar surface area (TPSA) is 37.8 Å². The van der Waals surface area contributed by atoms with Crippen molar-refractivity contribution in [1.29, 1.82) is 0 Å². The van der Waals surface area contributed by atoms with Gasteiger partial charge in [-0.25, -0.2) is 0 Å². The second kappa shape index (κ2) is 6.76. The number of aryl methyl sites for hydroxylation is 1. The lowest BCUT2D eigenvalue weighted by molar-refractivity contribution is 0.546. The Kier molecular flexibility index (Phi) is 5.63. The summed E-state index contributed by atoms with van der Waals surface area (Å²) in [5.74, 6) is 0. The van der Waals surface area contributed by atoms with Gasteiger partial charge in [0.25, 0.3) is 0 Å². The van der Waals surface area contributed by atoms with E-state index in [2.05, 4.69) is 42.3 Å². The van der Waals surface area contributed by atoms with Crippen molar-refractivity contribution in [2.45, 2.75) is 46.1 Å². The molecule has 0 fully saturated rings. The van der Waals surface area contributed by atoms with Crippen molar-refractivity contribution >= 4 is 11.5 Å². The molecule has 1 unspecified atom stereocenters. The molecule has 0 aromatic carbocycles. The van der Waals surface area contributed by atoms with Crippen LogP contribution in [0, 0.1) is 0 Å². The highest BCUT2D eigenvalue weighted by Crippen LogP contribution is 2.26. The lowest BCUT2D eigenvalue weighted by atomic mass is 10.0.